The molecule has 1 unspecified atom stereocenters. The number of hydrogen-bond acceptors (Lipinski definition) is 6. The molecular weight excluding hydrogens is 278 g/mol. The maximum atomic E-state index is 10.9. The molecule has 0 aliphatic carbocycles. The highest BCUT2D eigenvalue weighted by Gasteiger charge is 2.19. The van der Waals surface area contributed by atoms with E-state index in [-0.39, 0.29) is 23.0 Å². The fourth-order valence-corrected chi connectivity index (χ4v) is 1.86. The van der Waals surface area contributed by atoms with Gasteiger partial charge in [0.05, 0.1) is 22.0 Å². The molecule has 2 N–H and O–H groups in total. The van der Waals surface area contributed by atoms with Crippen molar-refractivity contribution in [3.8, 4) is 11.3 Å². The second kappa shape index (κ2) is 5.71. The second-order valence-corrected chi connectivity index (χ2v) is 4.47. The van der Waals surface area contributed by atoms with Gasteiger partial charge in [-0.15, -0.1) is 0 Å². The van der Waals surface area contributed by atoms with Gasteiger partial charge in [0.1, 0.15) is 11.5 Å². The monoisotopic (exact) mass is 291 g/mol. The molecule has 1 heterocycles. The van der Waals surface area contributed by atoms with Crippen LogP contribution in [0.15, 0.2) is 34.7 Å². The molecule has 0 saturated heterocycles. The number of nitrogens with zero attached hydrogens (tertiary/aromatic N) is 2. The van der Waals surface area contributed by atoms with Crippen LogP contribution in [0.5, 0.6) is 0 Å². The number of nitro groups is 2. The minimum Gasteiger partial charge on any atom is -0.459 e. The van der Waals surface area contributed by atoms with Gasteiger partial charge in [0.25, 0.3) is 11.4 Å². The summed E-state index contributed by atoms with van der Waals surface area (Å²) in [5.41, 5.74) is 5.37. The minimum absolute atomic E-state index is 0.269. The fraction of sp³-hybridized carbons (Fsp3) is 0.231. The van der Waals surface area contributed by atoms with Gasteiger partial charge in [-0.2, -0.15) is 0 Å². The van der Waals surface area contributed by atoms with Crippen LogP contribution in [0.4, 0.5) is 11.4 Å². The van der Waals surface area contributed by atoms with E-state index in [1.54, 1.807) is 12.1 Å². The molecule has 0 radical (unpaired) electrons. The summed E-state index contributed by atoms with van der Waals surface area (Å²) in [5.74, 6) is 0.836. The van der Waals surface area contributed by atoms with Gasteiger partial charge < -0.3 is 10.2 Å². The number of hydrogen-bond donors (Lipinski definition) is 1. The largest absolute Gasteiger partial charge is 0.459 e. The molecule has 0 bridgehead atoms. The molecule has 0 saturated carbocycles. The summed E-state index contributed by atoms with van der Waals surface area (Å²) in [7, 11) is 0. The van der Waals surface area contributed by atoms with E-state index in [2.05, 4.69) is 0 Å². The van der Waals surface area contributed by atoms with Crippen molar-refractivity contribution < 1.29 is 14.3 Å². The minimum atomic E-state index is -0.682. The van der Waals surface area contributed by atoms with E-state index >= 15 is 0 Å². The van der Waals surface area contributed by atoms with Crippen LogP contribution < -0.4 is 5.73 Å². The molecule has 0 spiro atoms. The standard InChI is InChI=1S/C13H13N3O5/c1-2-11(14)13-4-3-12(21-13)8-5-9(15(17)18)7-10(6-8)16(19)20/h3-7,11H,2,14H2,1H3. The van der Waals surface area contributed by atoms with Gasteiger partial charge in [0.2, 0.25) is 0 Å². The van der Waals surface area contributed by atoms with Crippen LogP contribution in [0, 0.1) is 20.2 Å². The van der Waals surface area contributed by atoms with E-state index in [0.29, 0.717) is 17.9 Å². The predicted molar refractivity (Wildman–Crippen MR) is 74.7 cm³/mol. The summed E-state index contributed by atoms with van der Waals surface area (Å²) < 4.78 is 5.52. The lowest BCUT2D eigenvalue weighted by Gasteiger charge is -2.04. The van der Waals surface area contributed by atoms with Crippen molar-refractivity contribution in [1.82, 2.24) is 0 Å². The lowest BCUT2D eigenvalue weighted by Crippen LogP contribution is -2.06. The Kier molecular flexibility index (Phi) is 3.99. The zero-order chi connectivity index (χ0) is 15.6. The van der Waals surface area contributed by atoms with Gasteiger partial charge in [0.15, 0.2) is 0 Å². The smallest absolute Gasteiger partial charge is 0.277 e. The van der Waals surface area contributed by atoms with E-state index in [0.717, 1.165) is 6.07 Å². The van der Waals surface area contributed by atoms with Crippen molar-refractivity contribution in [2.45, 2.75) is 19.4 Å². The molecule has 1 atom stereocenters. The molecule has 0 fully saturated rings. The highest BCUT2D eigenvalue weighted by molar-refractivity contribution is 5.66. The van der Waals surface area contributed by atoms with Crippen molar-refractivity contribution in [2.24, 2.45) is 5.73 Å². The number of benzene rings is 1. The first-order valence-corrected chi connectivity index (χ1v) is 6.22. The zero-order valence-electron chi connectivity index (χ0n) is 11.2. The molecule has 8 nitrogen and oxygen atoms in total. The number of nitrogens with two attached hydrogens (primary N) is 1. The lowest BCUT2D eigenvalue weighted by molar-refractivity contribution is -0.394. The Morgan fingerprint density at radius 2 is 1.71 bits per heavy atom. The third-order valence-corrected chi connectivity index (χ3v) is 3.04. The highest BCUT2D eigenvalue weighted by atomic mass is 16.6. The normalized spacial score (nSPS) is 12.1. The lowest BCUT2D eigenvalue weighted by atomic mass is 10.1. The first kappa shape index (κ1) is 14.7. The van der Waals surface area contributed by atoms with Crippen LogP contribution >= 0.6 is 0 Å². The third-order valence-electron chi connectivity index (χ3n) is 3.04. The summed E-state index contributed by atoms with van der Waals surface area (Å²) in [4.78, 5) is 20.3. The molecule has 2 aromatic rings. The quantitative estimate of drug-likeness (QED) is 0.666. The maximum Gasteiger partial charge on any atom is 0.277 e. The molecule has 8 heteroatoms. The van der Waals surface area contributed by atoms with E-state index in [9.17, 15) is 20.2 Å². The van der Waals surface area contributed by atoms with Crippen LogP contribution in [0.1, 0.15) is 25.1 Å². The van der Waals surface area contributed by atoms with Crippen molar-refractivity contribution in [3.63, 3.8) is 0 Å². The SMILES string of the molecule is CCC(N)c1ccc(-c2cc([N+](=O)[O-])cc([N+](=O)[O-])c2)o1. The van der Waals surface area contributed by atoms with Crippen molar-refractivity contribution in [2.75, 3.05) is 0 Å². The first-order valence-electron chi connectivity index (χ1n) is 6.22. The summed E-state index contributed by atoms with van der Waals surface area (Å²) in [6.45, 7) is 1.89. The van der Waals surface area contributed by atoms with E-state index in [4.69, 9.17) is 10.2 Å². The molecule has 0 aliphatic rings. The average Bonchev–Trinajstić information content (AvgIpc) is 2.95. The summed E-state index contributed by atoms with van der Waals surface area (Å²) in [5, 5.41) is 21.7. The number of furan rings is 1. The van der Waals surface area contributed by atoms with Crippen molar-refractivity contribution in [3.05, 3.63) is 56.3 Å². The Bertz CT molecular complexity index is 663. The van der Waals surface area contributed by atoms with Gasteiger partial charge in [-0.25, -0.2) is 0 Å². The van der Waals surface area contributed by atoms with Gasteiger partial charge in [-0.1, -0.05) is 6.92 Å². The first-order chi connectivity index (χ1) is 9.92. The topological polar surface area (TPSA) is 125 Å². The molecule has 21 heavy (non-hydrogen) atoms. The Hall–Kier alpha value is -2.74. The summed E-state index contributed by atoms with van der Waals surface area (Å²) >= 11 is 0. The summed E-state index contributed by atoms with van der Waals surface area (Å²) in [6, 6.07) is 6.33. The predicted octanol–water partition coefficient (Wildman–Crippen LogP) is 3.17. The van der Waals surface area contributed by atoms with Gasteiger partial charge in [-0.05, 0) is 18.6 Å². The molecule has 0 aliphatic heterocycles. The zero-order valence-corrected chi connectivity index (χ0v) is 11.2. The Balaban J connectivity index is 2.50. The Morgan fingerprint density at radius 3 is 2.19 bits per heavy atom. The van der Waals surface area contributed by atoms with Crippen LogP contribution in [0.3, 0.4) is 0 Å². The molecular formula is C13H13N3O5. The molecule has 1 aromatic carbocycles. The van der Waals surface area contributed by atoms with Gasteiger partial charge in [-0.3, -0.25) is 20.2 Å². The van der Waals surface area contributed by atoms with Crippen LogP contribution in [-0.4, -0.2) is 9.85 Å². The number of rotatable bonds is 5. The van der Waals surface area contributed by atoms with Crippen molar-refractivity contribution in [1.29, 1.82) is 0 Å². The van der Waals surface area contributed by atoms with Gasteiger partial charge >= 0.3 is 0 Å². The average molecular weight is 291 g/mol. The van der Waals surface area contributed by atoms with Crippen LogP contribution in [0.2, 0.25) is 0 Å². The molecule has 1 aromatic heterocycles. The second-order valence-electron chi connectivity index (χ2n) is 4.47. The molecule has 110 valence electrons. The maximum absolute atomic E-state index is 10.9. The number of non-ortho nitro benzene ring substituents is 2. The van der Waals surface area contributed by atoms with Crippen LogP contribution in [0.25, 0.3) is 11.3 Å². The molecule has 2 rings (SSSR count). The fourth-order valence-electron chi connectivity index (χ4n) is 1.86. The van der Waals surface area contributed by atoms with Crippen molar-refractivity contribution >= 4 is 11.4 Å². The Morgan fingerprint density at radius 1 is 1.14 bits per heavy atom. The highest BCUT2D eigenvalue weighted by Crippen LogP contribution is 2.31. The number of nitro benzene ring substituents is 2. The van der Waals surface area contributed by atoms with E-state index in [1.807, 2.05) is 6.92 Å². The summed E-state index contributed by atoms with van der Waals surface area (Å²) in [6.07, 6.45) is 0.669. The third kappa shape index (κ3) is 3.06. The van der Waals surface area contributed by atoms with E-state index in [1.165, 1.54) is 12.1 Å². The van der Waals surface area contributed by atoms with Crippen LogP contribution in [-0.2, 0) is 0 Å². The van der Waals surface area contributed by atoms with Gasteiger partial charge in [0, 0.05) is 17.7 Å². The molecule has 0 amide bonds. The van der Waals surface area contributed by atoms with E-state index < -0.39 is 9.85 Å². The Labute approximate surface area is 119 Å².